The first-order valence-electron chi connectivity index (χ1n) is 8.92. The Morgan fingerprint density at radius 3 is 2.67 bits per heavy atom. The largest absolute Gasteiger partial charge is 0.349 e. The number of rotatable bonds is 7. The van der Waals surface area contributed by atoms with Crippen molar-refractivity contribution in [3.8, 4) is 0 Å². The summed E-state index contributed by atoms with van der Waals surface area (Å²) in [5.41, 5.74) is 2.44. The van der Waals surface area contributed by atoms with Crippen LogP contribution in [0.5, 0.6) is 0 Å². The fourth-order valence-corrected chi connectivity index (χ4v) is 4.95. The van der Waals surface area contributed by atoms with E-state index in [-0.39, 0.29) is 11.9 Å². The van der Waals surface area contributed by atoms with Gasteiger partial charge in [0.1, 0.15) is 22.2 Å². The number of carbonyl (C=O) groups excluding carboxylic acids is 1. The molecule has 0 radical (unpaired) electrons. The predicted molar refractivity (Wildman–Crippen MR) is 113 cm³/mol. The summed E-state index contributed by atoms with van der Waals surface area (Å²) in [6, 6.07) is 10.5. The molecule has 1 aromatic carbocycles. The molecule has 0 aliphatic rings. The van der Waals surface area contributed by atoms with Gasteiger partial charge in [0, 0.05) is 15.8 Å². The maximum absolute atomic E-state index is 12.4. The van der Waals surface area contributed by atoms with Crippen LogP contribution in [0.1, 0.15) is 22.0 Å². The third kappa shape index (κ3) is 4.66. The summed E-state index contributed by atoms with van der Waals surface area (Å²) in [5, 5.41) is 5.04. The van der Waals surface area contributed by atoms with Crippen LogP contribution in [0.15, 0.2) is 41.7 Å². The lowest BCUT2D eigenvalue weighted by atomic mass is 10.1. The van der Waals surface area contributed by atoms with Crippen molar-refractivity contribution < 1.29 is 9.69 Å². The van der Waals surface area contributed by atoms with Crippen LogP contribution in [0.3, 0.4) is 0 Å². The molecule has 0 unspecified atom stereocenters. The number of fused-ring (bicyclic) bond motifs is 1. The average molecular weight is 402 g/mol. The van der Waals surface area contributed by atoms with Crippen LogP contribution in [0, 0.1) is 13.8 Å². The van der Waals surface area contributed by atoms with E-state index in [9.17, 15) is 4.79 Å². The number of quaternary nitrogens is 1. The molecule has 0 aliphatic carbocycles. The first-order chi connectivity index (χ1) is 13.0. The van der Waals surface area contributed by atoms with E-state index in [1.165, 1.54) is 32.7 Å². The number of amides is 1. The van der Waals surface area contributed by atoms with Crippen LogP contribution in [0.4, 0.5) is 0 Å². The van der Waals surface area contributed by atoms with E-state index in [1.807, 2.05) is 18.2 Å². The normalized spacial score (nSPS) is 12.5. The second-order valence-electron chi connectivity index (χ2n) is 6.78. The molecule has 0 bridgehead atoms. The Morgan fingerprint density at radius 2 is 1.96 bits per heavy atom. The van der Waals surface area contributed by atoms with Crippen molar-refractivity contribution in [2.45, 2.75) is 24.9 Å². The number of nitrogens with one attached hydrogen (secondary N) is 2. The highest BCUT2D eigenvalue weighted by Crippen LogP contribution is 2.34. The van der Waals surface area contributed by atoms with Crippen molar-refractivity contribution in [2.75, 3.05) is 26.4 Å². The molecule has 7 heteroatoms. The zero-order valence-corrected chi connectivity index (χ0v) is 17.7. The van der Waals surface area contributed by atoms with Gasteiger partial charge in [0.2, 0.25) is 5.91 Å². The Bertz CT molecular complexity index is 924. The number of carbonyl (C=O) groups is 1. The molecule has 0 saturated heterocycles. The van der Waals surface area contributed by atoms with Gasteiger partial charge in [-0.2, -0.15) is 0 Å². The first-order valence-corrected chi connectivity index (χ1v) is 10.7. The molecule has 1 atom stereocenters. The van der Waals surface area contributed by atoms with Gasteiger partial charge in [0.25, 0.3) is 0 Å². The summed E-state index contributed by atoms with van der Waals surface area (Å²) in [4.78, 5) is 24.7. The molecule has 27 heavy (non-hydrogen) atoms. The molecule has 2 heterocycles. The Morgan fingerprint density at radius 1 is 1.22 bits per heavy atom. The number of thioether (sulfide) groups is 1. The summed E-state index contributed by atoms with van der Waals surface area (Å²) in [5.74, 6) is 0.378. The van der Waals surface area contributed by atoms with E-state index in [4.69, 9.17) is 0 Å². The third-order valence-electron chi connectivity index (χ3n) is 4.67. The van der Waals surface area contributed by atoms with E-state index in [0.29, 0.717) is 12.3 Å². The van der Waals surface area contributed by atoms with Crippen molar-refractivity contribution in [1.29, 1.82) is 0 Å². The summed E-state index contributed by atoms with van der Waals surface area (Å²) < 4.78 is 0. The van der Waals surface area contributed by atoms with Crippen LogP contribution in [0.2, 0.25) is 0 Å². The summed E-state index contributed by atoms with van der Waals surface area (Å²) in [6.07, 6.45) is 1.58. The van der Waals surface area contributed by atoms with Crippen LogP contribution < -0.4 is 10.2 Å². The van der Waals surface area contributed by atoms with E-state index in [0.717, 1.165) is 15.2 Å². The second-order valence-corrected chi connectivity index (χ2v) is 8.94. The van der Waals surface area contributed by atoms with Crippen LogP contribution in [-0.2, 0) is 4.79 Å². The SMILES string of the molecule is Cc1sc2ncnc(SCC(=O)NC[C@@H](c3ccccc3)[NH+](C)C)c2c1C. The smallest absolute Gasteiger partial charge is 0.230 e. The highest BCUT2D eigenvalue weighted by atomic mass is 32.2. The van der Waals surface area contributed by atoms with Gasteiger partial charge in [-0.05, 0) is 19.4 Å². The zero-order valence-electron chi connectivity index (χ0n) is 16.1. The molecule has 2 N–H and O–H groups in total. The van der Waals surface area contributed by atoms with Gasteiger partial charge in [-0.15, -0.1) is 11.3 Å². The number of thiophene rings is 1. The van der Waals surface area contributed by atoms with E-state index in [2.05, 4.69) is 55.4 Å². The van der Waals surface area contributed by atoms with Gasteiger partial charge in [0.05, 0.1) is 26.4 Å². The van der Waals surface area contributed by atoms with Crippen molar-refractivity contribution in [3.05, 3.63) is 52.7 Å². The molecular weight excluding hydrogens is 376 g/mol. The van der Waals surface area contributed by atoms with Crippen LogP contribution in [0.25, 0.3) is 10.2 Å². The van der Waals surface area contributed by atoms with Crippen molar-refractivity contribution in [3.63, 3.8) is 0 Å². The maximum atomic E-state index is 12.4. The minimum Gasteiger partial charge on any atom is -0.349 e. The molecule has 1 amide bonds. The lowest BCUT2D eigenvalue weighted by Gasteiger charge is -2.22. The quantitative estimate of drug-likeness (QED) is 0.471. The molecule has 0 aliphatic heterocycles. The Hall–Kier alpha value is -1.96. The monoisotopic (exact) mass is 401 g/mol. The number of likely N-dealkylation sites (N-methyl/N-ethyl adjacent to an activating group) is 1. The molecule has 3 rings (SSSR count). The minimum absolute atomic E-state index is 0.0264. The number of benzene rings is 1. The summed E-state index contributed by atoms with van der Waals surface area (Å²) in [6.45, 7) is 4.80. The number of aryl methyl sites for hydroxylation is 2. The molecule has 0 spiro atoms. The van der Waals surface area contributed by atoms with E-state index < -0.39 is 0 Å². The standard InChI is InChI=1S/C20H24N4OS2/c1-13-14(2)27-20-18(13)19(22-12-23-20)26-11-17(25)21-10-16(24(3)4)15-8-6-5-7-9-15/h5-9,12,16H,10-11H2,1-4H3,(H,21,25)/p+1/t16-/m0/s1. The maximum Gasteiger partial charge on any atom is 0.230 e. The fraction of sp³-hybridized carbons (Fsp3) is 0.350. The predicted octanol–water partition coefficient (Wildman–Crippen LogP) is 2.40. The average Bonchev–Trinajstić information content (AvgIpc) is 2.95. The number of hydrogen-bond acceptors (Lipinski definition) is 5. The Labute approximate surface area is 168 Å². The van der Waals surface area contributed by atoms with E-state index >= 15 is 0 Å². The third-order valence-corrected chi connectivity index (χ3v) is 6.78. The van der Waals surface area contributed by atoms with Gasteiger partial charge in [-0.25, -0.2) is 9.97 Å². The molecule has 2 aromatic heterocycles. The van der Waals surface area contributed by atoms with Crippen molar-refractivity contribution >= 4 is 39.2 Å². The number of aromatic nitrogens is 2. The lowest BCUT2D eigenvalue weighted by molar-refractivity contribution is -0.890. The van der Waals surface area contributed by atoms with E-state index in [1.54, 1.807) is 17.7 Å². The summed E-state index contributed by atoms with van der Waals surface area (Å²) >= 11 is 3.15. The Kier molecular flexibility index (Phi) is 6.46. The topological polar surface area (TPSA) is 59.3 Å². The summed E-state index contributed by atoms with van der Waals surface area (Å²) in [7, 11) is 4.22. The van der Waals surface area contributed by atoms with Crippen molar-refractivity contribution in [1.82, 2.24) is 15.3 Å². The van der Waals surface area contributed by atoms with Gasteiger partial charge in [-0.1, -0.05) is 42.1 Å². The molecule has 5 nitrogen and oxygen atoms in total. The van der Waals surface area contributed by atoms with Crippen molar-refractivity contribution in [2.24, 2.45) is 0 Å². The number of hydrogen-bond donors (Lipinski definition) is 2. The molecule has 0 fully saturated rings. The minimum atomic E-state index is 0.0264. The molecule has 142 valence electrons. The highest BCUT2D eigenvalue weighted by Gasteiger charge is 2.19. The molecular formula is C20H25N4OS2+. The molecule has 3 aromatic rings. The zero-order chi connectivity index (χ0) is 19.4. The second kappa shape index (κ2) is 8.82. The van der Waals surface area contributed by atoms with Gasteiger partial charge in [0.15, 0.2) is 0 Å². The van der Waals surface area contributed by atoms with Gasteiger partial charge in [-0.3, -0.25) is 4.79 Å². The van der Waals surface area contributed by atoms with Gasteiger partial charge >= 0.3 is 0 Å². The van der Waals surface area contributed by atoms with Crippen LogP contribution >= 0.6 is 23.1 Å². The van der Waals surface area contributed by atoms with Crippen LogP contribution in [-0.4, -0.2) is 42.3 Å². The lowest BCUT2D eigenvalue weighted by Crippen LogP contribution is -3.07. The Balaban J connectivity index is 1.62. The first kappa shape index (κ1) is 19.8. The highest BCUT2D eigenvalue weighted by molar-refractivity contribution is 8.00. The fourth-order valence-electron chi connectivity index (χ4n) is 3.00. The number of nitrogens with zero attached hydrogens (tertiary/aromatic N) is 2. The van der Waals surface area contributed by atoms with Gasteiger partial charge < -0.3 is 10.2 Å². The molecule has 0 saturated carbocycles.